The van der Waals surface area contributed by atoms with Gasteiger partial charge in [0, 0.05) is 41.4 Å². The van der Waals surface area contributed by atoms with Crippen LogP contribution in [0.4, 0.5) is 5.69 Å². The van der Waals surface area contributed by atoms with E-state index >= 15 is 0 Å². The number of hydrogen-bond donors (Lipinski definition) is 1. The molecule has 4 rings (SSSR count). The van der Waals surface area contributed by atoms with Crippen molar-refractivity contribution in [1.82, 2.24) is 14.9 Å². The van der Waals surface area contributed by atoms with Gasteiger partial charge < -0.3 is 14.8 Å². The zero-order valence-corrected chi connectivity index (χ0v) is 16.4. The number of benzene rings is 2. The molecule has 26 heavy (non-hydrogen) atoms. The Hall–Kier alpha value is -1.75. The number of hydrogen-bond acceptors (Lipinski definition) is 3. The van der Waals surface area contributed by atoms with E-state index in [-0.39, 0.29) is 6.04 Å². The predicted octanol–water partition coefficient (Wildman–Crippen LogP) is 4.75. The van der Waals surface area contributed by atoms with Crippen LogP contribution in [0.25, 0.3) is 11.0 Å². The van der Waals surface area contributed by atoms with Gasteiger partial charge in [-0.25, -0.2) is 4.98 Å². The molecule has 0 bridgehead atoms. The Morgan fingerprint density at radius 2 is 2.04 bits per heavy atom. The third-order valence-corrected chi connectivity index (χ3v) is 5.68. The molecule has 2 atom stereocenters. The summed E-state index contributed by atoms with van der Waals surface area (Å²) in [5.74, 6) is 0. The van der Waals surface area contributed by atoms with Gasteiger partial charge in [0.2, 0.25) is 0 Å². The molecule has 0 aliphatic carbocycles. The first-order valence-corrected chi connectivity index (χ1v) is 9.68. The molecular formula is C20H22Cl2N4. The molecule has 6 heteroatoms. The first-order chi connectivity index (χ1) is 12.5. The van der Waals surface area contributed by atoms with E-state index in [2.05, 4.69) is 51.8 Å². The van der Waals surface area contributed by atoms with Crippen LogP contribution in [0.1, 0.15) is 25.5 Å². The first-order valence-electron chi connectivity index (χ1n) is 8.93. The predicted molar refractivity (Wildman–Crippen MR) is 110 cm³/mol. The minimum atomic E-state index is 0.0713. The van der Waals surface area contributed by atoms with E-state index in [0.29, 0.717) is 16.1 Å². The number of imidazole rings is 1. The molecule has 1 aliphatic rings. The summed E-state index contributed by atoms with van der Waals surface area (Å²) < 4.78 is 2.18. The van der Waals surface area contributed by atoms with Crippen LogP contribution in [0.15, 0.2) is 42.7 Å². The third kappa shape index (κ3) is 3.29. The van der Waals surface area contributed by atoms with Crippen molar-refractivity contribution < 1.29 is 0 Å². The van der Waals surface area contributed by atoms with E-state index < -0.39 is 0 Å². The quantitative estimate of drug-likeness (QED) is 0.702. The van der Waals surface area contributed by atoms with E-state index in [9.17, 15) is 0 Å². The van der Waals surface area contributed by atoms with Gasteiger partial charge in [-0.15, -0.1) is 0 Å². The maximum absolute atomic E-state index is 6.43. The molecule has 1 N–H and O–H groups in total. The Balaban J connectivity index is 1.72. The van der Waals surface area contributed by atoms with Gasteiger partial charge in [0.05, 0.1) is 23.4 Å². The molecule has 3 aromatic rings. The average molecular weight is 389 g/mol. The van der Waals surface area contributed by atoms with Crippen LogP contribution in [-0.2, 0) is 0 Å². The Morgan fingerprint density at radius 3 is 2.81 bits per heavy atom. The fourth-order valence-electron chi connectivity index (χ4n) is 3.68. The average Bonchev–Trinajstić information content (AvgIpc) is 3.04. The number of piperazine rings is 1. The number of halogens is 2. The van der Waals surface area contributed by atoms with E-state index in [1.165, 1.54) is 5.69 Å². The summed E-state index contributed by atoms with van der Waals surface area (Å²) in [6.45, 7) is 7.39. The SMILES string of the molecule is CC(c1ccc(Cl)cc1Cl)n1cnc2ccc(N3CCN[C@H](C)C3)cc21. The highest BCUT2D eigenvalue weighted by Crippen LogP contribution is 2.32. The summed E-state index contributed by atoms with van der Waals surface area (Å²) in [7, 11) is 0. The summed E-state index contributed by atoms with van der Waals surface area (Å²) in [6, 6.07) is 12.7. The van der Waals surface area contributed by atoms with Gasteiger partial charge >= 0.3 is 0 Å². The van der Waals surface area contributed by atoms with Gasteiger partial charge in [0.25, 0.3) is 0 Å². The van der Waals surface area contributed by atoms with Crippen LogP contribution in [0.3, 0.4) is 0 Å². The largest absolute Gasteiger partial charge is 0.369 e. The summed E-state index contributed by atoms with van der Waals surface area (Å²) >= 11 is 12.5. The van der Waals surface area contributed by atoms with Crippen molar-refractivity contribution >= 4 is 39.9 Å². The molecule has 1 unspecified atom stereocenters. The highest BCUT2D eigenvalue weighted by molar-refractivity contribution is 6.35. The minimum Gasteiger partial charge on any atom is -0.369 e. The summed E-state index contributed by atoms with van der Waals surface area (Å²) in [4.78, 5) is 7.01. The second-order valence-electron chi connectivity index (χ2n) is 6.97. The zero-order valence-electron chi connectivity index (χ0n) is 14.9. The first kappa shape index (κ1) is 17.7. The van der Waals surface area contributed by atoms with Crippen molar-refractivity contribution in [2.75, 3.05) is 24.5 Å². The highest BCUT2D eigenvalue weighted by Gasteiger charge is 2.19. The lowest BCUT2D eigenvalue weighted by atomic mass is 10.1. The van der Waals surface area contributed by atoms with Crippen LogP contribution in [0, 0.1) is 0 Å². The smallest absolute Gasteiger partial charge is 0.0964 e. The zero-order chi connectivity index (χ0) is 18.3. The van der Waals surface area contributed by atoms with Gasteiger partial charge in [-0.3, -0.25) is 0 Å². The fourth-order valence-corrected chi connectivity index (χ4v) is 4.24. The molecule has 0 amide bonds. The molecule has 2 heterocycles. The summed E-state index contributed by atoms with van der Waals surface area (Å²) in [5.41, 5.74) is 4.39. The number of anilines is 1. The van der Waals surface area contributed by atoms with E-state index in [4.69, 9.17) is 23.2 Å². The van der Waals surface area contributed by atoms with Crippen LogP contribution in [0.5, 0.6) is 0 Å². The summed E-state index contributed by atoms with van der Waals surface area (Å²) in [6.07, 6.45) is 1.89. The molecular weight excluding hydrogens is 367 g/mol. The van der Waals surface area contributed by atoms with Gasteiger partial charge in [0.1, 0.15) is 0 Å². The van der Waals surface area contributed by atoms with E-state index in [1.807, 2.05) is 18.5 Å². The third-order valence-electron chi connectivity index (χ3n) is 5.12. The number of fused-ring (bicyclic) bond motifs is 1. The van der Waals surface area contributed by atoms with Gasteiger partial charge in [-0.2, -0.15) is 0 Å². The number of nitrogens with one attached hydrogen (secondary N) is 1. The van der Waals surface area contributed by atoms with Crippen LogP contribution < -0.4 is 10.2 Å². The van der Waals surface area contributed by atoms with Crippen molar-refractivity contribution in [3.8, 4) is 0 Å². The van der Waals surface area contributed by atoms with Gasteiger partial charge in [-0.1, -0.05) is 29.3 Å². The molecule has 1 fully saturated rings. The van der Waals surface area contributed by atoms with Gasteiger partial charge in [0.15, 0.2) is 0 Å². The fraction of sp³-hybridized carbons (Fsp3) is 0.350. The summed E-state index contributed by atoms with van der Waals surface area (Å²) in [5, 5.41) is 4.82. The second-order valence-corrected chi connectivity index (χ2v) is 7.81. The maximum Gasteiger partial charge on any atom is 0.0964 e. The standard InChI is InChI=1S/C20H22Cl2N4/c1-13-11-25(8-7-23-13)16-4-6-19-20(10-16)26(12-24-19)14(2)17-5-3-15(21)9-18(17)22/h3-6,9-10,12-14,23H,7-8,11H2,1-2H3/t13-,14?/m1/s1. The molecule has 0 spiro atoms. The molecule has 1 aliphatic heterocycles. The lowest BCUT2D eigenvalue weighted by molar-refractivity contribution is 0.485. The number of nitrogens with zero attached hydrogens (tertiary/aromatic N) is 3. The Kier molecular flexibility index (Phi) is 4.82. The van der Waals surface area contributed by atoms with E-state index in [1.54, 1.807) is 6.07 Å². The molecule has 136 valence electrons. The van der Waals surface area contributed by atoms with Crippen molar-refractivity contribution in [2.24, 2.45) is 0 Å². The van der Waals surface area contributed by atoms with Crippen molar-refractivity contribution in [3.05, 3.63) is 58.3 Å². The second kappa shape index (κ2) is 7.10. The number of aromatic nitrogens is 2. The lowest BCUT2D eigenvalue weighted by Crippen LogP contribution is -2.49. The van der Waals surface area contributed by atoms with Crippen LogP contribution in [0.2, 0.25) is 10.0 Å². The highest BCUT2D eigenvalue weighted by atomic mass is 35.5. The van der Waals surface area contributed by atoms with Crippen molar-refractivity contribution in [3.63, 3.8) is 0 Å². The Morgan fingerprint density at radius 1 is 1.19 bits per heavy atom. The molecule has 4 nitrogen and oxygen atoms in total. The minimum absolute atomic E-state index is 0.0713. The normalized spacial score (nSPS) is 19.1. The van der Waals surface area contributed by atoms with Crippen molar-refractivity contribution in [1.29, 1.82) is 0 Å². The van der Waals surface area contributed by atoms with Gasteiger partial charge in [-0.05, 0) is 49.7 Å². The van der Waals surface area contributed by atoms with Crippen LogP contribution in [-0.4, -0.2) is 35.2 Å². The molecule has 0 radical (unpaired) electrons. The monoisotopic (exact) mass is 388 g/mol. The molecule has 1 aromatic heterocycles. The van der Waals surface area contributed by atoms with Crippen LogP contribution >= 0.6 is 23.2 Å². The molecule has 2 aromatic carbocycles. The lowest BCUT2D eigenvalue weighted by Gasteiger charge is -2.33. The molecule has 0 saturated carbocycles. The van der Waals surface area contributed by atoms with Crippen molar-refractivity contribution in [2.45, 2.75) is 25.9 Å². The van der Waals surface area contributed by atoms with E-state index in [0.717, 1.165) is 36.2 Å². The number of rotatable bonds is 3. The maximum atomic E-state index is 6.43. The Labute approximate surface area is 163 Å². The Bertz CT molecular complexity index is 937. The topological polar surface area (TPSA) is 33.1 Å². The molecule has 1 saturated heterocycles.